The third kappa shape index (κ3) is 1.71. The third-order valence-corrected chi connectivity index (χ3v) is 4.59. The zero-order valence-electron chi connectivity index (χ0n) is 11.8. The van der Waals surface area contributed by atoms with Crippen molar-refractivity contribution in [3.63, 3.8) is 0 Å². The van der Waals surface area contributed by atoms with Crippen molar-refractivity contribution in [2.24, 2.45) is 5.41 Å². The van der Waals surface area contributed by atoms with E-state index in [2.05, 4.69) is 0 Å². The SMILES string of the molecule is CC1(C)C(=O)c2ccccc2C(N2CCCC2=O)C1O. The lowest BCUT2D eigenvalue weighted by Gasteiger charge is -2.44. The van der Waals surface area contributed by atoms with Gasteiger partial charge in [-0.1, -0.05) is 24.3 Å². The molecule has 0 radical (unpaired) electrons. The summed E-state index contributed by atoms with van der Waals surface area (Å²) in [6, 6.07) is 6.91. The Morgan fingerprint density at radius 1 is 1.25 bits per heavy atom. The molecule has 1 heterocycles. The number of hydrogen-bond donors (Lipinski definition) is 1. The van der Waals surface area contributed by atoms with Gasteiger partial charge in [-0.25, -0.2) is 0 Å². The minimum absolute atomic E-state index is 0.0523. The van der Waals surface area contributed by atoms with Gasteiger partial charge in [0, 0.05) is 18.5 Å². The van der Waals surface area contributed by atoms with Crippen LogP contribution in [-0.2, 0) is 4.79 Å². The Kier molecular flexibility index (Phi) is 2.94. The summed E-state index contributed by atoms with van der Waals surface area (Å²) in [5.41, 5.74) is 0.536. The molecule has 4 heteroatoms. The number of rotatable bonds is 1. The number of hydrogen-bond acceptors (Lipinski definition) is 3. The summed E-state index contributed by atoms with van der Waals surface area (Å²) in [6.45, 7) is 4.16. The van der Waals surface area contributed by atoms with E-state index >= 15 is 0 Å². The van der Waals surface area contributed by atoms with E-state index in [-0.39, 0.29) is 11.7 Å². The molecule has 0 bridgehead atoms. The number of aliphatic hydroxyl groups excluding tert-OH is 1. The van der Waals surface area contributed by atoms with Crippen molar-refractivity contribution in [1.82, 2.24) is 4.90 Å². The fourth-order valence-corrected chi connectivity index (χ4v) is 3.31. The number of carbonyl (C=O) groups excluding carboxylic acids is 2. The smallest absolute Gasteiger partial charge is 0.223 e. The summed E-state index contributed by atoms with van der Waals surface area (Å²) < 4.78 is 0. The quantitative estimate of drug-likeness (QED) is 0.850. The van der Waals surface area contributed by atoms with Gasteiger partial charge in [-0.05, 0) is 25.8 Å². The first kappa shape index (κ1) is 13.3. The zero-order valence-corrected chi connectivity index (χ0v) is 11.8. The Hall–Kier alpha value is -1.68. The first-order valence-corrected chi connectivity index (χ1v) is 7.06. The Morgan fingerprint density at radius 2 is 1.95 bits per heavy atom. The van der Waals surface area contributed by atoms with E-state index in [1.807, 2.05) is 18.2 Å². The first-order chi connectivity index (χ1) is 9.44. The number of fused-ring (bicyclic) bond motifs is 1. The maximum atomic E-state index is 12.5. The molecule has 2 atom stereocenters. The van der Waals surface area contributed by atoms with Crippen LogP contribution < -0.4 is 0 Å². The van der Waals surface area contributed by atoms with Gasteiger partial charge in [0.25, 0.3) is 0 Å². The van der Waals surface area contributed by atoms with Crippen LogP contribution in [0.15, 0.2) is 24.3 Å². The van der Waals surface area contributed by atoms with Crippen LogP contribution in [0.2, 0.25) is 0 Å². The minimum atomic E-state index is -0.873. The van der Waals surface area contributed by atoms with Crippen molar-refractivity contribution in [3.8, 4) is 0 Å². The average molecular weight is 273 g/mol. The topological polar surface area (TPSA) is 57.6 Å². The second-order valence-corrected chi connectivity index (χ2v) is 6.22. The molecule has 20 heavy (non-hydrogen) atoms. The van der Waals surface area contributed by atoms with Crippen LogP contribution in [0.25, 0.3) is 0 Å². The Morgan fingerprint density at radius 3 is 2.60 bits per heavy atom. The maximum Gasteiger partial charge on any atom is 0.223 e. The van der Waals surface area contributed by atoms with Gasteiger partial charge in [0.2, 0.25) is 5.91 Å². The zero-order chi connectivity index (χ0) is 14.5. The fraction of sp³-hybridized carbons (Fsp3) is 0.500. The lowest BCUT2D eigenvalue weighted by atomic mass is 9.68. The summed E-state index contributed by atoms with van der Waals surface area (Å²) in [6.07, 6.45) is 0.477. The van der Waals surface area contributed by atoms with Crippen LogP contribution in [-0.4, -0.2) is 34.3 Å². The van der Waals surface area contributed by atoms with Gasteiger partial charge in [0.1, 0.15) is 0 Å². The molecule has 1 amide bonds. The van der Waals surface area contributed by atoms with E-state index in [4.69, 9.17) is 0 Å². The van der Waals surface area contributed by atoms with Crippen molar-refractivity contribution < 1.29 is 14.7 Å². The van der Waals surface area contributed by atoms with E-state index in [1.54, 1.807) is 24.8 Å². The predicted octanol–water partition coefficient (Wildman–Crippen LogP) is 1.93. The monoisotopic (exact) mass is 273 g/mol. The lowest BCUT2D eigenvalue weighted by molar-refractivity contribution is -0.134. The fourth-order valence-electron chi connectivity index (χ4n) is 3.31. The highest BCUT2D eigenvalue weighted by Gasteiger charge is 2.50. The van der Waals surface area contributed by atoms with E-state index in [0.717, 1.165) is 12.0 Å². The number of benzene rings is 1. The number of likely N-dealkylation sites (tertiary alicyclic amines) is 1. The minimum Gasteiger partial charge on any atom is -0.390 e. The highest BCUT2D eigenvalue weighted by molar-refractivity contribution is 6.03. The van der Waals surface area contributed by atoms with Crippen LogP contribution in [0.3, 0.4) is 0 Å². The number of carbonyl (C=O) groups is 2. The summed E-state index contributed by atoms with van der Waals surface area (Å²) in [5, 5.41) is 10.7. The molecule has 1 aliphatic carbocycles. The molecule has 1 aliphatic heterocycles. The van der Waals surface area contributed by atoms with Crippen LogP contribution >= 0.6 is 0 Å². The normalized spacial score (nSPS) is 28.6. The van der Waals surface area contributed by atoms with E-state index in [1.165, 1.54) is 0 Å². The van der Waals surface area contributed by atoms with E-state index < -0.39 is 17.6 Å². The molecule has 1 aromatic rings. The predicted molar refractivity (Wildman–Crippen MR) is 74.2 cm³/mol. The number of aliphatic hydroxyl groups is 1. The molecule has 3 rings (SSSR count). The van der Waals surface area contributed by atoms with Gasteiger partial charge in [0.05, 0.1) is 17.6 Å². The summed E-state index contributed by atoms with van der Waals surface area (Å²) in [4.78, 5) is 26.3. The standard InChI is InChI=1S/C16H19NO3/c1-16(2)14(19)11-7-4-3-6-10(11)13(15(16)20)17-9-5-8-12(17)18/h3-4,6-7,13,15,20H,5,8-9H2,1-2H3. The van der Waals surface area contributed by atoms with Crippen molar-refractivity contribution >= 4 is 11.7 Å². The van der Waals surface area contributed by atoms with Crippen LogP contribution in [0.5, 0.6) is 0 Å². The highest BCUT2D eigenvalue weighted by Crippen LogP contribution is 2.44. The number of nitrogens with zero attached hydrogens (tertiary/aromatic N) is 1. The molecule has 2 unspecified atom stereocenters. The molecule has 1 N–H and O–H groups in total. The molecule has 1 saturated heterocycles. The third-order valence-electron chi connectivity index (χ3n) is 4.59. The molecule has 0 saturated carbocycles. The number of Topliss-reactive ketones (excluding diaryl/α,β-unsaturated/α-hetero) is 1. The maximum absolute atomic E-state index is 12.5. The van der Waals surface area contributed by atoms with Crippen molar-refractivity contribution in [3.05, 3.63) is 35.4 Å². The van der Waals surface area contributed by atoms with Gasteiger partial charge in [-0.2, -0.15) is 0 Å². The van der Waals surface area contributed by atoms with Crippen molar-refractivity contribution in [2.45, 2.75) is 38.8 Å². The molecule has 1 fully saturated rings. The van der Waals surface area contributed by atoms with Gasteiger partial charge in [0.15, 0.2) is 5.78 Å². The molecule has 1 aromatic carbocycles. The van der Waals surface area contributed by atoms with Gasteiger partial charge >= 0.3 is 0 Å². The summed E-state index contributed by atoms with van der Waals surface area (Å²) in [5.74, 6) is 0.0116. The largest absolute Gasteiger partial charge is 0.390 e. The summed E-state index contributed by atoms with van der Waals surface area (Å²) in [7, 11) is 0. The highest BCUT2D eigenvalue weighted by atomic mass is 16.3. The van der Waals surface area contributed by atoms with Crippen LogP contribution in [0.1, 0.15) is 48.7 Å². The number of amides is 1. The molecule has 0 spiro atoms. The molecule has 4 nitrogen and oxygen atoms in total. The average Bonchev–Trinajstić information content (AvgIpc) is 2.84. The van der Waals surface area contributed by atoms with Crippen LogP contribution in [0.4, 0.5) is 0 Å². The molecular weight excluding hydrogens is 254 g/mol. The van der Waals surface area contributed by atoms with Gasteiger partial charge in [-0.3, -0.25) is 9.59 Å². The van der Waals surface area contributed by atoms with Gasteiger partial charge < -0.3 is 10.0 Å². The summed E-state index contributed by atoms with van der Waals surface area (Å²) >= 11 is 0. The Balaban J connectivity index is 2.15. The second kappa shape index (κ2) is 4.42. The lowest BCUT2D eigenvalue weighted by Crippen LogP contribution is -2.51. The van der Waals surface area contributed by atoms with E-state index in [9.17, 15) is 14.7 Å². The van der Waals surface area contributed by atoms with Crippen molar-refractivity contribution in [1.29, 1.82) is 0 Å². The Bertz CT molecular complexity index is 579. The van der Waals surface area contributed by atoms with Crippen molar-refractivity contribution in [2.75, 3.05) is 6.54 Å². The van der Waals surface area contributed by atoms with Gasteiger partial charge in [-0.15, -0.1) is 0 Å². The number of ketones is 1. The molecule has 106 valence electrons. The van der Waals surface area contributed by atoms with E-state index in [0.29, 0.717) is 18.5 Å². The Labute approximate surface area is 118 Å². The van der Waals surface area contributed by atoms with Crippen LogP contribution in [0, 0.1) is 5.41 Å². The molecule has 0 aromatic heterocycles. The first-order valence-electron chi connectivity index (χ1n) is 7.06. The second-order valence-electron chi connectivity index (χ2n) is 6.22. The molecule has 2 aliphatic rings. The molecular formula is C16H19NO3.